The minimum Gasteiger partial charge on any atom is -0.355 e. The number of benzene rings is 1. The molecule has 0 saturated heterocycles. The monoisotopic (exact) mass is 549 g/mol. The smallest absolute Gasteiger partial charge is 0.246 e. The number of aliphatic imine (C=N–C) groups is 1. The lowest BCUT2D eigenvalue weighted by Gasteiger charge is -2.19. The molecule has 0 bridgehead atoms. The Morgan fingerprint density at radius 3 is 2.62 bits per heavy atom. The van der Waals surface area contributed by atoms with Gasteiger partial charge in [-0.1, -0.05) is 33.8 Å². The molecule has 9 heteroatoms. The van der Waals surface area contributed by atoms with Crippen LogP contribution in [0.4, 0.5) is 0 Å². The van der Waals surface area contributed by atoms with Gasteiger partial charge in [-0.15, -0.1) is 11.3 Å². The molecule has 0 radical (unpaired) electrons. The van der Waals surface area contributed by atoms with Crippen molar-refractivity contribution in [2.45, 2.75) is 72.3 Å². The van der Waals surface area contributed by atoms with E-state index in [4.69, 9.17) is 4.98 Å². The van der Waals surface area contributed by atoms with E-state index in [1.807, 2.05) is 18.2 Å². The highest BCUT2D eigenvalue weighted by Gasteiger charge is 2.25. The van der Waals surface area contributed by atoms with Crippen LogP contribution in [0.1, 0.15) is 86.9 Å². The van der Waals surface area contributed by atoms with Crippen molar-refractivity contribution >= 4 is 45.8 Å². The summed E-state index contributed by atoms with van der Waals surface area (Å²) in [7, 11) is 0. The lowest BCUT2D eigenvalue weighted by molar-refractivity contribution is -0.125. The highest BCUT2D eigenvalue weighted by molar-refractivity contribution is 7.09. The van der Waals surface area contributed by atoms with Gasteiger partial charge in [0, 0.05) is 48.2 Å². The molecule has 3 aromatic rings. The summed E-state index contributed by atoms with van der Waals surface area (Å²) >= 11 is 1.73. The first-order valence-corrected chi connectivity index (χ1v) is 14.8. The lowest BCUT2D eigenvalue weighted by atomic mass is 9.89. The standard InChI is InChI=1S/C30H39N5O3S/c1-5-22(6-2)35-25-10-9-20(15-24(25)33-28(35)17-23-8-7-13-39-23)26(36)16-21(14-19(3)4)30(38)31-12-11-27-32-18-29(37)34-27/h7-10,13,15,19,21-22H,5-6,11-12,14,16-18H2,1-4H3,(H,31,38)(H,32,34,37)/t21-/m1/s1. The molecule has 0 spiro atoms. The Morgan fingerprint density at radius 1 is 1.18 bits per heavy atom. The number of rotatable bonds is 14. The molecule has 1 atom stereocenters. The van der Waals surface area contributed by atoms with Gasteiger partial charge in [0.2, 0.25) is 11.8 Å². The number of hydrogen-bond acceptors (Lipinski definition) is 6. The maximum absolute atomic E-state index is 13.4. The van der Waals surface area contributed by atoms with Gasteiger partial charge in [-0.05, 0) is 54.8 Å². The maximum Gasteiger partial charge on any atom is 0.246 e. The van der Waals surface area contributed by atoms with E-state index >= 15 is 0 Å². The minimum absolute atomic E-state index is 0.0537. The molecule has 8 nitrogen and oxygen atoms in total. The molecular formula is C30H39N5O3S. The van der Waals surface area contributed by atoms with E-state index < -0.39 is 5.92 Å². The van der Waals surface area contributed by atoms with Crippen molar-refractivity contribution < 1.29 is 14.4 Å². The molecule has 0 unspecified atom stereocenters. The third-order valence-electron chi connectivity index (χ3n) is 7.22. The van der Waals surface area contributed by atoms with Gasteiger partial charge in [0.1, 0.15) is 18.2 Å². The number of thiophene rings is 1. The fourth-order valence-electron chi connectivity index (χ4n) is 5.27. The number of aromatic nitrogens is 2. The molecule has 208 valence electrons. The van der Waals surface area contributed by atoms with E-state index in [2.05, 4.69) is 65.4 Å². The number of ketones is 1. The van der Waals surface area contributed by atoms with Gasteiger partial charge in [-0.3, -0.25) is 19.4 Å². The predicted octanol–water partition coefficient (Wildman–Crippen LogP) is 5.32. The molecule has 1 aliphatic heterocycles. The summed E-state index contributed by atoms with van der Waals surface area (Å²) in [6, 6.07) is 10.3. The normalized spacial score (nSPS) is 14.2. The number of hydrogen-bond donors (Lipinski definition) is 2. The van der Waals surface area contributed by atoms with Crippen molar-refractivity contribution in [1.29, 1.82) is 0 Å². The Hall–Kier alpha value is -3.33. The van der Waals surface area contributed by atoms with Crippen LogP contribution in [0, 0.1) is 11.8 Å². The van der Waals surface area contributed by atoms with E-state index in [-0.39, 0.29) is 36.5 Å². The van der Waals surface area contributed by atoms with E-state index in [1.165, 1.54) is 4.88 Å². The third kappa shape index (κ3) is 7.20. The first-order chi connectivity index (χ1) is 18.8. The number of Topliss-reactive ketones (excluding diaryl/α,β-unsaturated/α-hetero) is 1. The number of imidazole rings is 1. The fourth-order valence-corrected chi connectivity index (χ4v) is 5.97. The Labute approximate surface area is 234 Å². The van der Waals surface area contributed by atoms with Crippen molar-refractivity contribution in [2.75, 3.05) is 13.1 Å². The number of nitrogens with zero attached hydrogens (tertiary/aromatic N) is 3. The molecule has 3 heterocycles. The van der Waals surface area contributed by atoms with Crippen molar-refractivity contribution in [3.8, 4) is 0 Å². The summed E-state index contributed by atoms with van der Waals surface area (Å²) in [4.78, 5) is 48.1. The number of fused-ring (bicyclic) bond motifs is 1. The topological polar surface area (TPSA) is 105 Å². The van der Waals surface area contributed by atoms with Crippen molar-refractivity contribution in [3.63, 3.8) is 0 Å². The second-order valence-electron chi connectivity index (χ2n) is 10.6. The molecular weight excluding hydrogens is 510 g/mol. The molecule has 2 aromatic heterocycles. The Balaban J connectivity index is 1.50. The van der Waals surface area contributed by atoms with Crippen molar-refractivity contribution in [2.24, 2.45) is 16.8 Å². The summed E-state index contributed by atoms with van der Waals surface area (Å²) in [6.45, 7) is 9.02. The number of carbonyl (C=O) groups excluding carboxylic acids is 3. The Morgan fingerprint density at radius 2 is 1.97 bits per heavy atom. The SMILES string of the molecule is CCC(CC)n1c(Cc2cccs2)nc2cc(C(=O)C[C@@H](CC(C)C)C(=O)NCCC3=NCC(=O)N3)ccc21. The molecule has 0 aliphatic carbocycles. The van der Waals surface area contributed by atoms with Crippen LogP contribution in [-0.2, 0) is 16.0 Å². The summed E-state index contributed by atoms with van der Waals surface area (Å²) < 4.78 is 2.34. The van der Waals surface area contributed by atoms with Gasteiger partial charge >= 0.3 is 0 Å². The highest BCUT2D eigenvalue weighted by atomic mass is 32.1. The van der Waals surface area contributed by atoms with Crippen LogP contribution in [0.2, 0.25) is 0 Å². The van der Waals surface area contributed by atoms with Crippen LogP contribution < -0.4 is 10.6 Å². The van der Waals surface area contributed by atoms with Gasteiger partial charge < -0.3 is 15.2 Å². The van der Waals surface area contributed by atoms with Crippen LogP contribution >= 0.6 is 11.3 Å². The lowest BCUT2D eigenvalue weighted by Crippen LogP contribution is -2.35. The van der Waals surface area contributed by atoms with E-state index in [0.717, 1.165) is 36.1 Å². The zero-order chi connectivity index (χ0) is 27.9. The number of carbonyl (C=O) groups is 3. The van der Waals surface area contributed by atoms with Gasteiger partial charge in [0.15, 0.2) is 5.78 Å². The molecule has 0 fully saturated rings. The van der Waals surface area contributed by atoms with Gasteiger partial charge in [0.05, 0.1) is 11.0 Å². The van der Waals surface area contributed by atoms with Crippen LogP contribution in [0.3, 0.4) is 0 Å². The first-order valence-electron chi connectivity index (χ1n) is 14.0. The fraction of sp³-hybridized carbons (Fsp3) is 0.500. The predicted molar refractivity (Wildman–Crippen MR) is 156 cm³/mol. The van der Waals surface area contributed by atoms with E-state index in [0.29, 0.717) is 36.8 Å². The molecule has 4 rings (SSSR count). The molecule has 1 aliphatic rings. The van der Waals surface area contributed by atoms with Gasteiger partial charge in [0.25, 0.3) is 0 Å². The summed E-state index contributed by atoms with van der Waals surface area (Å²) in [5.74, 6) is 1.14. The highest BCUT2D eigenvalue weighted by Crippen LogP contribution is 2.29. The molecule has 2 N–H and O–H groups in total. The van der Waals surface area contributed by atoms with Crippen molar-refractivity contribution in [1.82, 2.24) is 20.2 Å². The second kappa shape index (κ2) is 13.2. The number of amidine groups is 1. The average Bonchev–Trinajstić information content (AvgIpc) is 3.65. The largest absolute Gasteiger partial charge is 0.355 e. The molecule has 39 heavy (non-hydrogen) atoms. The molecule has 2 amide bonds. The number of nitrogens with one attached hydrogen (secondary N) is 2. The van der Waals surface area contributed by atoms with Crippen LogP contribution in [0.5, 0.6) is 0 Å². The van der Waals surface area contributed by atoms with E-state index in [1.54, 1.807) is 11.3 Å². The summed E-state index contributed by atoms with van der Waals surface area (Å²) in [6.07, 6.45) is 3.99. The van der Waals surface area contributed by atoms with Crippen LogP contribution in [0.25, 0.3) is 11.0 Å². The van der Waals surface area contributed by atoms with Crippen molar-refractivity contribution in [3.05, 3.63) is 52.0 Å². The zero-order valence-electron chi connectivity index (χ0n) is 23.3. The molecule has 0 saturated carbocycles. The average molecular weight is 550 g/mol. The quantitative estimate of drug-likeness (QED) is 0.266. The van der Waals surface area contributed by atoms with Crippen LogP contribution in [0.15, 0.2) is 40.7 Å². The Bertz CT molecular complexity index is 1340. The Kier molecular flexibility index (Phi) is 9.67. The minimum atomic E-state index is -0.426. The molecule has 1 aromatic carbocycles. The van der Waals surface area contributed by atoms with E-state index in [9.17, 15) is 14.4 Å². The first kappa shape index (κ1) is 28.7. The zero-order valence-corrected chi connectivity index (χ0v) is 24.1. The summed E-state index contributed by atoms with van der Waals surface area (Å²) in [5, 5.41) is 7.71. The van der Waals surface area contributed by atoms with Gasteiger partial charge in [-0.2, -0.15) is 0 Å². The summed E-state index contributed by atoms with van der Waals surface area (Å²) in [5.41, 5.74) is 2.46. The van der Waals surface area contributed by atoms with Gasteiger partial charge in [-0.25, -0.2) is 4.98 Å². The van der Waals surface area contributed by atoms with Crippen LogP contribution in [-0.4, -0.2) is 46.1 Å². The third-order valence-corrected chi connectivity index (χ3v) is 8.10. The maximum atomic E-state index is 13.4. The number of amides is 2. The second-order valence-corrected chi connectivity index (χ2v) is 11.7.